The first-order chi connectivity index (χ1) is 10.7. The van der Waals surface area contributed by atoms with Gasteiger partial charge < -0.3 is 10.5 Å². The molecule has 22 heavy (non-hydrogen) atoms. The minimum Gasteiger partial charge on any atom is -0.495 e. The highest BCUT2D eigenvalue weighted by Gasteiger charge is 2.30. The lowest BCUT2D eigenvalue weighted by Crippen LogP contribution is -2.19. The maximum absolute atomic E-state index is 5.82. The van der Waals surface area contributed by atoms with E-state index in [0.717, 1.165) is 23.6 Å². The van der Waals surface area contributed by atoms with Crippen molar-refractivity contribution in [1.82, 2.24) is 0 Å². The Balaban J connectivity index is 2.01. The van der Waals surface area contributed by atoms with Gasteiger partial charge in [0, 0.05) is 13.0 Å². The molecule has 0 radical (unpaired) electrons. The van der Waals surface area contributed by atoms with Crippen molar-refractivity contribution in [1.29, 1.82) is 0 Å². The molecular weight excluding hydrogens is 274 g/mol. The average molecular weight is 295 g/mol. The summed E-state index contributed by atoms with van der Waals surface area (Å²) >= 11 is 0. The van der Waals surface area contributed by atoms with Gasteiger partial charge in [0.05, 0.1) is 18.9 Å². The Morgan fingerprint density at radius 3 is 2.59 bits per heavy atom. The molecule has 1 aliphatic heterocycles. The predicted molar refractivity (Wildman–Crippen MR) is 90.5 cm³/mol. The summed E-state index contributed by atoms with van der Waals surface area (Å²) in [5.41, 5.74) is 10.3. The fourth-order valence-corrected chi connectivity index (χ4v) is 2.79. The fourth-order valence-electron chi connectivity index (χ4n) is 2.79. The van der Waals surface area contributed by atoms with Crippen molar-refractivity contribution in [3.63, 3.8) is 0 Å². The maximum Gasteiger partial charge on any atom is 0.144 e. The zero-order valence-corrected chi connectivity index (χ0v) is 13.0. The molecule has 0 saturated carbocycles. The molecule has 0 aromatic heterocycles. The third-order valence-electron chi connectivity index (χ3n) is 4.00. The van der Waals surface area contributed by atoms with Crippen LogP contribution in [0.3, 0.4) is 0 Å². The van der Waals surface area contributed by atoms with Crippen molar-refractivity contribution in [3.8, 4) is 5.75 Å². The maximum atomic E-state index is 5.82. The molecule has 114 valence electrons. The molecule has 1 atom stereocenters. The van der Waals surface area contributed by atoms with E-state index in [0.29, 0.717) is 6.54 Å². The van der Waals surface area contributed by atoms with E-state index >= 15 is 0 Å². The van der Waals surface area contributed by atoms with E-state index in [9.17, 15) is 0 Å². The van der Waals surface area contributed by atoms with Crippen LogP contribution in [0.4, 0.5) is 5.69 Å². The lowest BCUT2D eigenvalue weighted by Gasteiger charge is -2.25. The molecule has 1 heterocycles. The highest BCUT2D eigenvalue weighted by molar-refractivity contribution is 5.90. The van der Waals surface area contributed by atoms with Crippen LogP contribution >= 0.6 is 0 Å². The number of aryl methyl sites for hydroxylation is 1. The number of hydrazone groups is 1. The first-order valence-electron chi connectivity index (χ1n) is 7.48. The molecule has 4 heteroatoms. The van der Waals surface area contributed by atoms with Gasteiger partial charge in [-0.1, -0.05) is 42.0 Å². The van der Waals surface area contributed by atoms with Crippen molar-refractivity contribution in [2.45, 2.75) is 19.4 Å². The van der Waals surface area contributed by atoms with Gasteiger partial charge in [-0.05, 0) is 24.6 Å². The van der Waals surface area contributed by atoms with Crippen LogP contribution in [0.1, 0.15) is 23.6 Å². The quantitative estimate of drug-likeness (QED) is 0.942. The van der Waals surface area contributed by atoms with Crippen LogP contribution in [0, 0.1) is 6.92 Å². The molecule has 0 bridgehead atoms. The van der Waals surface area contributed by atoms with E-state index in [1.54, 1.807) is 7.11 Å². The average Bonchev–Trinajstić information content (AvgIpc) is 2.99. The normalized spacial score (nSPS) is 17.5. The van der Waals surface area contributed by atoms with Crippen molar-refractivity contribution in [2.24, 2.45) is 10.8 Å². The van der Waals surface area contributed by atoms with Crippen molar-refractivity contribution < 1.29 is 4.74 Å². The molecule has 0 aliphatic carbocycles. The number of ether oxygens (including phenoxy) is 1. The second-order valence-corrected chi connectivity index (χ2v) is 5.52. The predicted octanol–water partition coefficient (Wildman–Crippen LogP) is 3.27. The summed E-state index contributed by atoms with van der Waals surface area (Å²) < 4.78 is 5.49. The van der Waals surface area contributed by atoms with Gasteiger partial charge in [0.2, 0.25) is 0 Å². The Hall–Kier alpha value is -2.33. The van der Waals surface area contributed by atoms with E-state index in [1.807, 2.05) is 29.3 Å². The lowest BCUT2D eigenvalue weighted by atomic mass is 10.00. The van der Waals surface area contributed by atoms with Gasteiger partial charge in [-0.2, -0.15) is 5.10 Å². The Morgan fingerprint density at radius 1 is 1.18 bits per heavy atom. The third kappa shape index (κ3) is 2.70. The minimum atomic E-state index is 0.162. The van der Waals surface area contributed by atoms with Crippen LogP contribution in [-0.2, 0) is 0 Å². The largest absolute Gasteiger partial charge is 0.495 e. The third-order valence-corrected chi connectivity index (χ3v) is 4.00. The number of benzene rings is 2. The molecule has 2 N–H and O–H groups in total. The van der Waals surface area contributed by atoms with Crippen LogP contribution in [0.2, 0.25) is 0 Å². The highest BCUT2D eigenvalue weighted by Crippen LogP contribution is 2.39. The summed E-state index contributed by atoms with van der Waals surface area (Å²) in [6.07, 6.45) is 0.845. The number of rotatable bonds is 4. The van der Waals surface area contributed by atoms with Gasteiger partial charge in [0.25, 0.3) is 0 Å². The van der Waals surface area contributed by atoms with E-state index < -0.39 is 0 Å². The Kier molecular flexibility index (Phi) is 4.11. The first-order valence-corrected chi connectivity index (χ1v) is 7.48. The van der Waals surface area contributed by atoms with Gasteiger partial charge in [-0.25, -0.2) is 0 Å². The van der Waals surface area contributed by atoms with Crippen LogP contribution in [0.5, 0.6) is 5.75 Å². The van der Waals surface area contributed by atoms with E-state index in [4.69, 9.17) is 15.6 Å². The molecule has 2 aromatic rings. The smallest absolute Gasteiger partial charge is 0.144 e. The number of anilines is 1. The molecular formula is C18H21N3O. The summed E-state index contributed by atoms with van der Waals surface area (Å²) in [5, 5.41) is 6.74. The van der Waals surface area contributed by atoms with Crippen molar-refractivity contribution in [2.75, 3.05) is 18.7 Å². The van der Waals surface area contributed by atoms with Crippen LogP contribution in [0.15, 0.2) is 53.6 Å². The van der Waals surface area contributed by atoms with Crippen LogP contribution in [0.25, 0.3) is 0 Å². The summed E-state index contributed by atoms with van der Waals surface area (Å²) in [4.78, 5) is 0. The van der Waals surface area contributed by atoms with Crippen LogP contribution in [-0.4, -0.2) is 19.4 Å². The van der Waals surface area contributed by atoms with Gasteiger partial charge >= 0.3 is 0 Å². The highest BCUT2D eigenvalue weighted by atomic mass is 16.5. The Morgan fingerprint density at radius 2 is 1.91 bits per heavy atom. The van der Waals surface area contributed by atoms with Crippen LogP contribution < -0.4 is 15.5 Å². The SMILES string of the molecule is COc1ccccc1N1N=C(CN)CC1c1ccc(C)cc1. The molecule has 1 unspecified atom stereocenters. The van der Waals surface area contributed by atoms with Gasteiger partial charge in [0.1, 0.15) is 11.4 Å². The molecule has 0 spiro atoms. The molecule has 0 fully saturated rings. The van der Waals surface area contributed by atoms with Crippen molar-refractivity contribution in [3.05, 3.63) is 59.7 Å². The topological polar surface area (TPSA) is 50.8 Å². The van der Waals surface area contributed by atoms with Crippen molar-refractivity contribution >= 4 is 11.4 Å². The fraction of sp³-hybridized carbons (Fsp3) is 0.278. The second-order valence-electron chi connectivity index (χ2n) is 5.52. The van der Waals surface area contributed by atoms with Gasteiger partial charge in [-0.3, -0.25) is 5.01 Å². The Bertz CT molecular complexity index is 679. The van der Waals surface area contributed by atoms with E-state index in [2.05, 4.69) is 31.2 Å². The van der Waals surface area contributed by atoms with Gasteiger partial charge in [-0.15, -0.1) is 0 Å². The Labute approximate surface area is 131 Å². The molecule has 3 rings (SSSR count). The number of para-hydroxylation sites is 2. The number of methoxy groups -OCH3 is 1. The van der Waals surface area contributed by atoms with E-state index in [-0.39, 0.29) is 6.04 Å². The lowest BCUT2D eigenvalue weighted by molar-refractivity contribution is 0.413. The number of hydrogen-bond donors (Lipinski definition) is 1. The summed E-state index contributed by atoms with van der Waals surface area (Å²) in [7, 11) is 1.68. The standard InChI is InChI=1S/C18H21N3O/c1-13-7-9-14(10-8-13)17-11-15(12-19)20-21(17)16-5-3-4-6-18(16)22-2/h3-10,17H,11-12,19H2,1-2H3. The van der Waals surface area contributed by atoms with Gasteiger partial charge in [0.15, 0.2) is 0 Å². The summed E-state index contributed by atoms with van der Waals surface area (Å²) in [6.45, 7) is 2.58. The molecule has 4 nitrogen and oxygen atoms in total. The number of nitrogens with two attached hydrogens (primary N) is 1. The number of hydrogen-bond acceptors (Lipinski definition) is 4. The molecule has 2 aromatic carbocycles. The first kappa shape index (κ1) is 14.6. The summed E-state index contributed by atoms with van der Waals surface area (Å²) in [6, 6.07) is 16.7. The monoisotopic (exact) mass is 295 g/mol. The minimum absolute atomic E-state index is 0.162. The summed E-state index contributed by atoms with van der Waals surface area (Å²) in [5.74, 6) is 0.821. The van der Waals surface area contributed by atoms with E-state index in [1.165, 1.54) is 11.1 Å². The molecule has 0 saturated heterocycles. The zero-order chi connectivity index (χ0) is 15.5. The number of nitrogens with zero attached hydrogens (tertiary/aromatic N) is 2. The molecule has 0 amide bonds. The zero-order valence-electron chi connectivity index (χ0n) is 13.0. The second kappa shape index (κ2) is 6.20. The molecule has 1 aliphatic rings.